The highest BCUT2D eigenvalue weighted by molar-refractivity contribution is 6.19. The summed E-state index contributed by atoms with van der Waals surface area (Å²) in [7, 11) is 0. The van der Waals surface area contributed by atoms with Crippen LogP contribution in [0, 0.1) is 0 Å². The third-order valence-electron chi connectivity index (χ3n) is 0.984. The lowest BCUT2D eigenvalue weighted by atomic mass is 10.4. The van der Waals surface area contributed by atoms with Gasteiger partial charge in [0.1, 0.15) is 0 Å². The maximum atomic E-state index is 10.3. The zero-order chi connectivity index (χ0) is 10.7. The summed E-state index contributed by atoms with van der Waals surface area (Å²) in [5, 5.41) is 0. The molecule has 0 aliphatic heterocycles. The summed E-state index contributed by atoms with van der Waals surface area (Å²) < 4.78 is 4.70. The molecule has 0 amide bonds. The van der Waals surface area contributed by atoms with E-state index in [9.17, 15) is 4.79 Å². The predicted octanol–water partition coefficient (Wildman–Crippen LogP) is 3.15. The Balaban J connectivity index is 0. The molecule has 0 heterocycles. The van der Waals surface area contributed by atoms with Gasteiger partial charge in [0.25, 0.3) is 0 Å². The van der Waals surface area contributed by atoms with E-state index in [1.54, 1.807) is 6.92 Å². The van der Waals surface area contributed by atoms with Crippen LogP contribution in [0.3, 0.4) is 0 Å². The van der Waals surface area contributed by atoms with Gasteiger partial charge in [-0.1, -0.05) is 26.0 Å². The predicted molar refractivity (Wildman–Crippen MR) is 57.1 cm³/mol. The molecule has 0 N–H and O–H groups in total. The van der Waals surface area contributed by atoms with E-state index in [4.69, 9.17) is 16.3 Å². The van der Waals surface area contributed by atoms with Crippen LogP contribution in [0.25, 0.3) is 0 Å². The van der Waals surface area contributed by atoms with Crippen molar-refractivity contribution < 1.29 is 9.53 Å². The van der Waals surface area contributed by atoms with Gasteiger partial charge in [0.05, 0.1) is 6.61 Å². The molecule has 0 atom stereocenters. The van der Waals surface area contributed by atoms with Gasteiger partial charge < -0.3 is 4.74 Å². The summed E-state index contributed by atoms with van der Waals surface area (Å²) in [6.07, 6.45) is 1.39. The molecule has 0 saturated carbocycles. The van der Waals surface area contributed by atoms with E-state index >= 15 is 0 Å². The van der Waals surface area contributed by atoms with Crippen molar-refractivity contribution >= 4 is 17.6 Å². The Hall–Kier alpha value is -0.500. The lowest BCUT2D eigenvalue weighted by molar-refractivity contribution is -0.143. The largest absolute Gasteiger partial charge is 0.466 e. The topological polar surface area (TPSA) is 26.3 Å². The van der Waals surface area contributed by atoms with Crippen molar-refractivity contribution in [3.8, 4) is 0 Å². The average Bonchev–Trinajstić information content (AvgIpc) is 2.15. The lowest BCUT2D eigenvalue weighted by Crippen LogP contribution is -2.02. The van der Waals surface area contributed by atoms with Crippen LogP contribution >= 0.6 is 11.6 Å². The summed E-state index contributed by atoms with van der Waals surface area (Å²) in [6.45, 7) is 9.76. The van der Waals surface area contributed by atoms with E-state index in [-0.39, 0.29) is 5.97 Å². The molecule has 78 valence electrons. The summed E-state index contributed by atoms with van der Waals surface area (Å²) in [5.41, 5.74) is 1.02. The average molecular weight is 207 g/mol. The number of alkyl halides is 1. The maximum absolute atomic E-state index is 10.3. The van der Waals surface area contributed by atoms with E-state index in [1.807, 2.05) is 13.8 Å². The third kappa shape index (κ3) is 18.5. The van der Waals surface area contributed by atoms with Crippen molar-refractivity contribution in [1.29, 1.82) is 0 Å². The summed E-state index contributed by atoms with van der Waals surface area (Å²) in [6, 6.07) is 0. The van der Waals surface area contributed by atoms with Gasteiger partial charge in [-0.05, 0) is 13.3 Å². The van der Waals surface area contributed by atoms with Gasteiger partial charge in [-0.15, -0.1) is 11.6 Å². The zero-order valence-electron chi connectivity index (χ0n) is 8.73. The highest BCUT2D eigenvalue weighted by Crippen LogP contribution is 1.86. The van der Waals surface area contributed by atoms with Crippen molar-refractivity contribution in [3.63, 3.8) is 0 Å². The van der Waals surface area contributed by atoms with Crippen molar-refractivity contribution in [3.05, 3.63) is 12.2 Å². The molecule has 0 unspecified atom stereocenters. The van der Waals surface area contributed by atoms with E-state index in [1.165, 1.54) is 0 Å². The number of esters is 1. The minimum atomic E-state index is -0.105. The summed E-state index contributed by atoms with van der Waals surface area (Å²) in [5.74, 6) is 0.479. The van der Waals surface area contributed by atoms with Gasteiger partial charge in [0.15, 0.2) is 0 Å². The van der Waals surface area contributed by atoms with Crippen LogP contribution in [0.1, 0.15) is 33.6 Å². The minimum Gasteiger partial charge on any atom is -0.466 e. The lowest BCUT2D eigenvalue weighted by Gasteiger charge is -1.97. The number of rotatable bonds is 4. The van der Waals surface area contributed by atoms with Gasteiger partial charge >= 0.3 is 5.97 Å². The van der Waals surface area contributed by atoms with Crippen molar-refractivity contribution in [2.24, 2.45) is 0 Å². The molecular weight excluding hydrogens is 188 g/mol. The molecule has 0 aromatic rings. The first-order valence-electron chi connectivity index (χ1n) is 4.44. The molecule has 13 heavy (non-hydrogen) atoms. The van der Waals surface area contributed by atoms with E-state index in [0.29, 0.717) is 18.9 Å². The fraction of sp³-hybridized carbons (Fsp3) is 0.700. The Morgan fingerprint density at radius 1 is 1.46 bits per heavy atom. The second kappa shape index (κ2) is 11.5. The number of halogens is 1. The highest BCUT2D eigenvalue weighted by atomic mass is 35.5. The van der Waals surface area contributed by atoms with Gasteiger partial charge in [0.2, 0.25) is 0 Å². The van der Waals surface area contributed by atoms with Crippen LogP contribution in [0.5, 0.6) is 0 Å². The Kier molecular flexibility index (Phi) is 13.3. The van der Waals surface area contributed by atoms with Crippen LogP contribution in [0.4, 0.5) is 0 Å². The first-order valence-corrected chi connectivity index (χ1v) is 4.97. The van der Waals surface area contributed by atoms with Gasteiger partial charge in [0, 0.05) is 12.3 Å². The number of carbonyl (C=O) groups is 1. The summed E-state index contributed by atoms with van der Waals surface area (Å²) in [4.78, 5) is 10.3. The molecule has 0 fully saturated rings. The van der Waals surface area contributed by atoms with Crippen molar-refractivity contribution in [2.45, 2.75) is 33.6 Å². The summed E-state index contributed by atoms with van der Waals surface area (Å²) >= 11 is 5.24. The zero-order valence-corrected chi connectivity index (χ0v) is 9.49. The Morgan fingerprint density at radius 3 is 2.15 bits per heavy atom. The number of allylic oxidation sites excluding steroid dienone is 1. The third-order valence-corrected chi connectivity index (χ3v) is 1.44. The molecule has 0 bridgehead atoms. The highest BCUT2D eigenvalue weighted by Gasteiger charge is 1.93. The van der Waals surface area contributed by atoms with E-state index < -0.39 is 0 Å². The van der Waals surface area contributed by atoms with E-state index in [0.717, 1.165) is 12.0 Å². The standard InChI is InChI=1S/C6H12O2.C4H7Cl/c1-3-5-8-6(7)4-2;1-4(2)3-5/h3-5H2,1-2H3;1,3H2,2H3. The molecule has 0 aliphatic carbocycles. The van der Waals surface area contributed by atoms with E-state index in [2.05, 4.69) is 6.58 Å². The fourth-order valence-electron chi connectivity index (χ4n) is 0.318. The quantitative estimate of drug-likeness (QED) is 0.401. The van der Waals surface area contributed by atoms with Gasteiger partial charge in [-0.3, -0.25) is 4.79 Å². The normalized spacial score (nSPS) is 8.31. The van der Waals surface area contributed by atoms with Gasteiger partial charge in [-0.2, -0.15) is 0 Å². The molecule has 2 nitrogen and oxygen atoms in total. The van der Waals surface area contributed by atoms with Crippen LogP contribution in [0.15, 0.2) is 12.2 Å². The first-order chi connectivity index (χ1) is 6.08. The molecule has 0 spiro atoms. The number of hydrogen-bond donors (Lipinski definition) is 0. The van der Waals surface area contributed by atoms with Crippen molar-refractivity contribution in [1.82, 2.24) is 0 Å². The monoisotopic (exact) mass is 206 g/mol. The Morgan fingerprint density at radius 2 is 1.92 bits per heavy atom. The molecular formula is C10H19ClO2. The Bertz CT molecular complexity index is 144. The second-order valence-corrected chi connectivity index (χ2v) is 2.93. The van der Waals surface area contributed by atoms with Gasteiger partial charge in [-0.25, -0.2) is 0 Å². The first kappa shape index (κ1) is 15.0. The van der Waals surface area contributed by atoms with Crippen LogP contribution in [0.2, 0.25) is 0 Å². The Labute approximate surface area is 85.9 Å². The molecule has 0 aromatic carbocycles. The molecule has 0 rings (SSSR count). The number of hydrogen-bond acceptors (Lipinski definition) is 2. The minimum absolute atomic E-state index is 0.105. The number of carbonyl (C=O) groups excluding carboxylic acids is 1. The molecule has 3 heteroatoms. The SMILES string of the molecule is C=C(C)CCl.CCCOC(=O)CC. The van der Waals surface area contributed by atoms with Crippen LogP contribution in [-0.4, -0.2) is 18.5 Å². The maximum Gasteiger partial charge on any atom is 0.305 e. The molecule has 0 radical (unpaired) electrons. The van der Waals surface area contributed by atoms with Crippen LogP contribution in [-0.2, 0) is 9.53 Å². The molecule has 0 aromatic heterocycles. The fourth-order valence-corrected chi connectivity index (χ4v) is 0.318. The van der Waals surface area contributed by atoms with Crippen molar-refractivity contribution in [2.75, 3.05) is 12.5 Å². The smallest absolute Gasteiger partial charge is 0.305 e. The molecule has 0 aliphatic rings. The molecule has 0 saturated heterocycles. The second-order valence-electron chi connectivity index (χ2n) is 2.66. The van der Waals surface area contributed by atoms with Crippen LogP contribution < -0.4 is 0 Å². The number of ether oxygens (including phenoxy) is 1.